The Hall–Kier alpha value is -3.14. The lowest BCUT2D eigenvalue weighted by Gasteiger charge is -2.43. The van der Waals surface area contributed by atoms with Gasteiger partial charge in [0, 0.05) is 30.3 Å². The Balaban J connectivity index is 1.98. The van der Waals surface area contributed by atoms with Gasteiger partial charge < -0.3 is 14.4 Å². The number of ether oxygens (including phenoxy) is 1. The monoisotopic (exact) mass is 443 g/mol. The number of ketones is 1. The number of rotatable bonds is 8. The van der Waals surface area contributed by atoms with Gasteiger partial charge in [0.15, 0.2) is 0 Å². The van der Waals surface area contributed by atoms with E-state index in [9.17, 15) is 14.9 Å². The van der Waals surface area contributed by atoms with Crippen molar-refractivity contribution in [2.45, 2.75) is 46.1 Å². The average molecular weight is 444 g/mol. The SMILES string of the molecule is COc1cc2c(cc1N=Nc1ncc([N+](=O)[O-])s1)C(C)=CC(C)(C)N2CCCC(C)=O. The summed E-state index contributed by atoms with van der Waals surface area (Å²) in [7, 11) is 1.56. The van der Waals surface area contributed by atoms with Gasteiger partial charge in [-0.3, -0.25) is 10.1 Å². The molecule has 31 heavy (non-hydrogen) atoms. The molecule has 0 fully saturated rings. The predicted molar refractivity (Wildman–Crippen MR) is 121 cm³/mol. The number of hydrogen-bond donors (Lipinski definition) is 0. The largest absolute Gasteiger partial charge is 0.494 e. The fourth-order valence-corrected chi connectivity index (χ4v) is 4.27. The molecular weight excluding hydrogens is 418 g/mol. The van der Waals surface area contributed by atoms with E-state index < -0.39 is 4.92 Å². The highest BCUT2D eigenvalue weighted by Gasteiger charge is 2.32. The van der Waals surface area contributed by atoms with Crippen LogP contribution in [0.4, 0.5) is 21.5 Å². The van der Waals surface area contributed by atoms with Gasteiger partial charge in [-0.1, -0.05) is 6.08 Å². The quantitative estimate of drug-likeness (QED) is 0.288. The topological polar surface area (TPSA) is 110 Å². The molecule has 1 aliphatic heterocycles. The number of thiazole rings is 1. The Kier molecular flexibility index (Phi) is 6.49. The number of hydrogen-bond acceptors (Lipinski definition) is 9. The third-order valence-electron chi connectivity index (χ3n) is 5.09. The van der Waals surface area contributed by atoms with Crippen molar-refractivity contribution in [1.82, 2.24) is 4.98 Å². The summed E-state index contributed by atoms with van der Waals surface area (Å²) in [6.45, 7) is 8.67. The van der Waals surface area contributed by atoms with Crippen LogP contribution in [0.1, 0.15) is 46.1 Å². The van der Waals surface area contributed by atoms with Crippen LogP contribution in [-0.2, 0) is 4.79 Å². The predicted octanol–water partition coefficient (Wildman–Crippen LogP) is 5.85. The van der Waals surface area contributed by atoms with Crippen LogP contribution in [0.2, 0.25) is 0 Å². The maximum atomic E-state index is 11.4. The molecule has 0 atom stereocenters. The minimum absolute atomic E-state index is 0.0893. The van der Waals surface area contributed by atoms with Gasteiger partial charge in [-0.05, 0) is 57.1 Å². The Morgan fingerprint density at radius 3 is 2.71 bits per heavy atom. The fraction of sp³-hybridized carbons (Fsp3) is 0.429. The van der Waals surface area contributed by atoms with Gasteiger partial charge in [-0.2, -0.15) is 0 Å². The summed E-state index contributed by atoms with van der Waals surface area (Å²) in [4.78, 5) is 27.9. The van der Waals surface area contributed by atoms with Crippen LogP contribution in [0.3, 0.4) is 0 Å². The van der Waals surface area contributed by atoms with Gasteiger partial charge in [-0.15, -0.1) is 10.2 Å². The molecule has 1 aromatic carbocycles. The Morgan fingerprint density at radius 1 is 1.35 bits per heavy atom. The molecule has 2 aromatic rings. The number of carbonyl (C=O) groups excluding carboxylic acids is 1. The molecule has 10 heteroatoms. The minimum Gasteiger partial charge on any atom is -0.494 e. The van der Waals surface area contributed by atoms with E-state index in [1.165, 1.54) is 0 Å². The Labute approximate surface area is 184 Å². The lowest BCUT2D eigenvalue weighted by atomic mass is 9.88. The van der Waals surface area contributed by atoms with E-state index in [0.717, 1.165) is 47.3 Å². The minimum atomic E-state index is -0.507. The van der Waals surface area contributed by atoms with Crippen molar-refractivity contribution in [2.24, 2.45) is 10.2 Å². The number of carbonyl (C=O) groups is 1. The van der Waals surface area contributed by atoms with Crippen molar-refractivity contribution in [1.29, 1.82) is 0 Å². The molecule has 3 rings (SSSR count). The third kappa shape index (κ3) is 4.96. The highest BCUT2D eigenvalue weighted by atomic mass is 32.1. The van der Waals surface area contributed by atoms with Crippen molar-refractivity contribution < 1.29 is 14.5 Å². The van der Waals surface area contributed by atoms with Crippen LogP contribution >= 0.6 is 11.3 Å². The zero-order chi connectivity index (χ0) is 22.8. The molecular formula is C21H25N5O4S. The highest BCUT2D eigenvalue weighted by Crippen LogP contribution is 2.45. The van der Waals surface area contributed by atoms with Crippen LogP contribution in [0.25, 0.3) is 5.57 Å². The number of nitro groups is 1. The van der Waals surface area contributed by atoms with Gasteiger partial charge in [0.25, 0.3) is 0 Å². The number of anilines is 1. The van der Waals surface area contributed by atoms with Crippen LogP contribution < -0.4 is 9.64 Å². The Morgan fingerprint density at radius 2 is 2.10 bits per heavy atom. The molecule has 1 aromatic heterocycles. The normalized spacial score (nSPS) is 15.0. The molecule has 0 bridgehead atoms. The van der Waals surface area contributed by atoms with E-state index in [-0.39, 0.29) is 21.5 Å². The molecule has 0 radical (unpaired) electrons. The first-order chi connectivity index (χ1) is 14.6. The molecule has 1 aliphatic rings. The maximum absolute atomic E-state index is 11.4. The fourth-order valence-electron chi connectivity index (χ4n) is 3.71. The number of Topliss-reactive ketones (excluding diaryl/α,β-unsaturated/α-hetero) is 1. The standard InChI is InChI=1S/C21H25N5O4S/c1-13-11-21(3,4)25(8-6-7-14(2)27)17-10-18(30-5)16(9-15(13)17)23-24-20-22-12-19(31-20)26(28)29/h9-12H,6-8H2,1-5H3. The highest BCUT2D eigenvalue weighted by molar-refractivity contribution is 7.18. The number of fused-ring (bicyclic) bond motifs is 1. The van der Waals surface area contributed by atoms with E-state index in [1.807, 2.05) is 19.1 Å². The number of methoxy groups -OCH3 is 1. The van der Waals surface area contributed by atoms with Gasteiger partial charge >= 0.3 is 5.00 Å². The second kappa shape index (κ2) is 8.93. The lowest BCUT2D eigenvalue weighted by molar-refractivity contribution is -0.380. The molecule has 0 unspecified atom stereocenters. The summed E-state index contributed by atoms with van der Waals surface area (Å²) in [6, 6.07) is 3.83. The number of azo groups is 1. The van der Waals surface area contributed by atoms with E-state index in [1.54, 1.807) is 14.0 Å². The van der Waals surface area contributed by atoms with E-state index in [0.29, 0.717) is 17.9 Å². The Bertz CT molecular complexity index is 1070. The number of aromatic nitrogens is 1. The average Bonchev–Trinajstić information content (AvgIpc) is 3.17. The van der Waals surface area contributed by atoms with Crippen molar-refractivity contribution in [3.8, 4) is 5.75 Å². The molecule has 0 aliphatic carbocycles. The molecule has 9 nitrogen and oxygen atoms in total. The molecule has 164 valence electrons. The van der Waals surface area contributed by atoms with Crippen LogP contribution in [-0.4, -0.2) is 34.9 Å². The summed E-state index contributed by atoms with van der Waals surface area (Å²) >= 11 is 0.856. The molecule has 0 saturated heterocycles. The molecule has 0 saturated carbocycles. The van der Waals surface area contributed by atoms with Crippen LogP contribution in [0.15, 0.2) is 34.6 Å². The van der Waals surface area contributed by atoms with Gasteiger partial charge in [0.05, 0.1) is 17.6 Å². The first-order valence-corrected chi connectivity index (χ1v) is 10.6. The molecule has 0 spiro atoms. The second-order valence-corrected chi connectivity index (χ2v) is 8.91. The van der Waals surface area contributed by atoms with E-state index >= 15 is 0 Å². The van der Waals surface area contributed by atoms with Crippen LogP contribution in [0, 0.1) is 10.1 Å². The first-order valence-electron chi connectivity index (χ1n) is 9.83. The molecule has 2 heterocycles. The summed E-state index contributed by atoms with van der Waals surface area (Å²) in [5, 5.41) is 19.2. The summed E-state index contributed by atoms with van der Waals surface area (Å²) < 4.78 is 5.56. The smallest absolute Gasteiger partial charge is 0.345 e. The lowest BCUT2D eigenvalue weighted by Crippen LogP contribution is -2.45. The first kappa shape index (κ1) is 22.5. The third-order valence-corrected chi connectivity index (χ3v) is 5.93. The van der Waals surface area contributed by atoms with Gasteiger partial charge in [-0.25, -0.2) is 4.98 Å². The number of allylic oxidation sites excluding steroid dienone is 1. The van der Waals surface area contributed by atoms with Crippen molar-refractivity contribution in [3.05, 3.63) is 40.1 Å². The van der Waals surface area contributed by atoms with E-state index in [4.69, 9.17) is 4.74 Å². The van der Waals surface area contributed by atoms with Crippen LogP contribution in [0.5, 0.6) is 5.75 Å². The number of nitrogens with zero attached hydrogens (tertiary/aromatic N) is 5. The van der Waals surface area contributed by atoms with Crippen molar-refractivity contribution >= 4 is 44.2 Å². The summed E-state index contributed by atoms with van der Waals surface area (Å²) in [5.41, 5.74) is 3.40. The zero-order valence-corrected chi connectivity index (χ0v) is 19.0. The second-order valence-electron chi connectivity index (χ2n) is 7.92. The van der Waals surface area contributed by atoms with E-state index in [2.05, 4.69) is 40.0 Å². The molecule has 0 amide bonds. The van der Waals surface area contributed by atoms with Gasteiger partial charge in [0.1, 0.15) is 23.4 Å². The van der Waals surface area contributed by atoms with Crippen molar-refractivity contribution in [2.75, 3.05) is 18.6 Å². The zero-order valence-electron chi connectivity index (χ0n) is 18.2. The van der Waals surface area contributed by atoms with Crippen molar-refractivity contribution in [3.63, 3.8) is 0 Å². The number of benzene rings is 1. The van der Waals surface area contributed by atoms with Gasteiger partial charge in [0.2, 0.25) is 5.13 Å². The maximum Gasteiger partial charge on any atom is 0.345 e. The molecule has 0 N–H and O–H groups in total. The summed E-state index contributed by atoms with van der Waals surface area (Å²) in [6.07, 6.45) is 4.66. The summed E-state index contributed by atoms with van der Waals surface area (Å²) in [5.74, 6) is 0.716.